The predicted molar refractivity (Wildman–Crippen MR) is 47.7 cm³/mol. The molecule has 0 radical (unpaired) electrons. The molecule has 1 rings (SSSR count). The maximum atomic E-state index is 10.2. The molecule has 1 aromatic rings. The summed E-state index contributed by atoms with van der Waals surface area (Å²) in [6.07, 6.45) is 5.43. The van der Waals surface area contributed by atoms with Crippen molar-refractivity contribution in [3.05, 3.63) is 24.0 Å². The zero-order valence-corrected chi connectivity index (χ0v) is 7.23. The largest absolute Gasteiger partial charge is 0.364 e. The van der Waals surface area contributed by atoms with Crippen LogP contribution in [0.3, 0.4) is 0 Å². The summed E-state index contributed by atoms with van der Waals surface area (Å²) in [6, 6.07) is 3.95. The highest BCUT2D eigenvalue weighted by molar-refractivity contribution is 7.98. The minimum absolute atomic E-state index is 0.294. The average molecular weight is 169 g/mol. The molecule has 60 valence electrons. The molecule has 0 saturated heterocycles. The van der Waals surface area contributed by atoms with Crippen LogP contribution < -0.4 is 0 Å². The molecule has 1 N–H and O–H groups in total. The monoisotopic (exact) mass is 169 g/mol. The lowest BCUT2D eigenvalue weighted by molar-refractivity contribution is -0.107. The fourth-order valence-electron chi connectivity index (χ4n) is 0.982. The van der Waals surface area contributed by atoms with Gasteiger partial charge in [0.25, 0.3) is 0 Å². The van der Waals surface area contributed by atoms with E-state index in [1.54, 1.807) is 11.8 Å². The smallest absolute Gasteiger partial charge is 0.121 e. The summed E-state index contributed by atoms with van der Waals surface area (Å²) in [7, 11) is 0. The first kappa shape index (κ1) is 8.40. The van der Waals surface area contributed by atoms with Crippen molar-refractivity contribution in [2.45, 2.75) is 11.7 Å². The number of aldehydes is 1. The Morgan fingerprint density at radius 3 is 3.09 bits per heavy atom. The molecule has 0 aliphatic heterocycles. The quantitative estimate of drug-likeness (QED) is 0.699. The van der Waals surface area contributed by atoms with Gasteiger partial charge in [-0.15, -0.1) is 0 Å². The van der Waals surface area contributed by atoms with Crippen LogP contribution in [0.2, 0.25) is 0 Å². The summed E-state index contributed by atoms with van der Waals surface area (Å²) in [5.74, 6) is 0. The van der Waals surface area contributed by atoms with Crippen LogP contribution in [0.5, 0.6) is 0 Å². The molecule has 1 heterocycles. The second-order valence-corrected chi connectivity index (χ2v) is 3.29. The van der Waals surface area contributed by atoms with Gasteiger partial charge in [0.1, 0.15) is 6.29 Å². The number of rotatable bonds is 4. The van der Waals surface area contributed by atoms with E-state index < -0.39 is 0 Å². The van der Waals surface area contributed by atoms with Crippen molar-refractivity contribution in [1.29, 1.82) is 0 Å². The van der Waals surface area contributed by atoms with Crippen molar-refractivity contribution in [2.75, 3.05) is 6.26 Å². The maximum absolute atomic E-state index is 10.2. The van der Waals surface area contributed by atoms with E-state index in [-0.39, 0.29) is 0 Å². The first-order valence-electron chi connectivity index (χ1n) is 3.48. The van der Waals surface area contributed by atoms with Crippen molar-refractivity contribution in [2.24, 2.45) is 0 Å². The molecule has 0 amide bonds. The number of carbonyl (C=O) groups is 1. The predicted octanol–water partition coefficient (Wildman–Crippen LogP) is 2.01. The molecule has 0 saturated carbocycles. The van der Waals surface area contributed by atoms with E-state index in [0.717, 1.165) is 12.0 Å². The second kappa shape index (κ2) is 4.23. The van der Waals surface area contributed by atoms with Gasteiger partial charge in [0, 0.05) is 18.3 Å². The van der Waals surface area contributed by atoms with Crippen molar-refractivity contribution >= 4 is 18.0 Å². The van der Waals surface area contributed by atoms with Crippen molar-refractivity contribution < 1.29 is 4.79 Å². The summed E-state index contributed by atoms with van der Waals surface area (Å²) in [6.45, 7) is 0. The number of carbonyl (C=O) groups excluding carboxylic acids is 1. The molecule has 0 bridgehead atoms. The van der Waals surface area contributed by atoms with Crippen molar-refractivity contribution in [1.82, 2.24) is 4.98 Å². The molecule has 1 unspecified atom stereocenters. The Labute approximate surface area is 70.4 Å². The molecule has 1 aromatic heterocycles. The van der Waals surface area contributed by atoms with E-state index in [4.69, 9.17) is 0 Å². The lowest BCUT2D eigenvalue weighted by atomic mass is 10.2. The highest BCUT2D eigenvalue weighted by Crippen LogP contribution is 2.27. The minimum atomic E-state index is 0.294. The van der Waals surface area contributed by atoms with E-state index in [2.05, 4.69) is 4.98 Å². The molecular weight excluding hydrogens is 158 g/mol. The Morgan fingerprint density at radius 2 is 2.64 bits per heavy atom. The van der Waals surface area contributed by atoms with Crippen LogP contribution in [-0.2, 0) is 4.79 Å². The third-order valence-corrected chi connectivity index (χ3v) is 2.58. The van der Waals surface area contributed by atoms with Crippen LogP contribution in [0.15, 0.2) is 18.3 Å². The van der Waals surface area contributed by atoms with Gasteiger partial charge in [-0.3, -0.25) is 0 Å². The van der Waals surface area contributed by atoms with Gasteiger partial charge in [-0.25, -0.2) is 0 Å². The number of H-pyrrole nitrogens is 1. The number of aromatic nitrogens is 1. The molecule has 3 heteroatoms. The minimum Gasteiger partial charge on any atom is -0.364 e. The van der Waals surface area contributed by atoms with Crippen LogP contribution in [0.4, 0.5) is 0 Å². The third kappa shape index (κ3) is 2.12. The maximum Gasteiger partial charge on any atom is 0.121 e. The highest BCUT2D eigenvalue weighted by atomic mass is 32.2. The molecule has 0 aliphatic rings. The summed E-state index contributed by atoms with van der Waals surface area (Å²) >= 11 is 1.69. The summed E-state index contributed by atoms with van der Waals surface area (Å²) in [4.78, 5) is 13.3. The summed E-state index contributed by atoms with van der Waals surface area (Å²) in [5.41, 5.74) is 1.13. The third-order valence-electron chi connectivity index (χ3n) is 1.56. The van der Waals surface area contributed by atoms with Crippen LogP contribution in [0.1, 0.15) is 17.4 Å². The number of thioether (sulfide) groups is 1. The topological polar surface area (TPSA) is 32.9 Å². The van der Waals surface area contributed by atoms with Crippen LogP contribution in [0.25, 0.3) is 0 Å². The van der Waals surface area contributed by atoms with Crippen LogP contribution >= 0.6 is 11.8 Å². The Hall–Kier alpha value is -0.700. The van der Waals surface area contributed by atoms with Gasteiger partial charge in [-0.2, -0.15) is 11.8 Å². The molecule has 0 fully saturated rings. The fourth-order valence-corrected chi connectivity index (χ4v) is 1.65. The SMILES string of the molecule is CSC(CC=O)c1ccc[nH]1. The van der Waals surface area contributed by atoms with Crippen LogP contribution in [0, 0.1) is 0 Å². The molecule has 11 heavy (non-hydrogen) atoms. The molecule has 0 aromatic carbocycles. The summed E-state index contributed by atoms with van der Waals surface area (Å²) < 4.78 is 0. The van der Waals surface area contributed by atoms with E-state index >= 15 is 0 Å². The number of hydrogen-bond acceptors (Lipinski definition) is 2. The van der Waals surface area contributed by atoms with Crippen molar-refractivity contribution in [3.8, 4) is 0 Å². The molecule has 0 aliphatic carbocycles. The lowest BCUT2D eigenvalue weighted by Crippen LogP contribution is -1.93. The second-order valence-electron chi connectivity index (χ2n) is 2.25. The van der Waals surface area contributed by atoms with Gasteiger partial charge >= 0.3 is 0 Å². The zero-order valence-electron chi connectivity index (χ0n) is 6.41. The molecule has 0 spiro atoms. The van der Waals surface area contributed by atoms with E-state index in [1.807, 2.05) is 24.6 Å². The molecular formula is C8H11NOS. The lowest BCUT2D eigenvalue weighted by Gasteiger charge is -2.07. The van der Waals surface area contributed by atoms with Gasteiger partial charge in [-0.1, -0.05) is 0 Å². The zero-order chi connectivity index (χ0) is 8.10. The number of aromatic amines is 1. The Balaban J connectivity index is 2.62. The first-order chi connectivity index (χ1) is 5.38. The van der Waals surface area contributed by atoms with Gasteiger partial charge in [0.15, 0.2) is 0 Å². The van der Waals surface area contributed by atoms with Gasteiger partial charge in [-0.05, 0) is 18.4 Å². The van der Waals surface area contributed by atoms with E-state index in [0.29, 0.717) is 11.7 Å². The molecule has 2 nitrogen and oxygen atoms in total. The number of nitrogens with one attached hydrogen (secondary N) is 1. The first-order valence-corrected chi connectivity index (χ1v) is 4.77. The standard InChI is InChI=1S/C8H11NOS/c1-11-8(4-6-10)7-3-2-5-9-7/h2-3,5-6,8-9H,4H2,1H3. The molecule has 1 atom stereocenters. The van der Waals surface area contributed by atoms with Gasteiger partial charge in [0.05, 0.1) is 5.25 Å². The normalized spacial score (nSPS) is 12.8. The number of hydrogen-bond donors (Lipinski definition) is 1. The Kier molecular flexibility index (Phi) is 3.23. The highest BCUT2D eigenvalue weighted by Gasteiger charge is 2.08. The summed E-state index contributed by atoms with van der Waals surface area (Å²) in [5, 5.41) is 0.294. The van der Waals surface area contributed by atoms with Gasteiger partial charge in [0.2, 0.25) is 0 Å². The van der Waals surface area contributed by atoms with E-state index in [1.165, 1.54) is 0 Å². The fraction of sp³-hybridized carbons (Fsp3) is 0.375. The Bertz CT molecular complexity index is 208. The van der Waals surface area contributed by atoms with Gasteiger partial charge < -0.3 is 9.78 Å². The Morgan fingerprint density at radius 1 is 1.82 bits per heavy atom. The van der Waals surface area contributed by atoms with E-state index in [9.17, 15) is 4.79 Å². The van der Waals surface area contributed by atoms with Crippen molar-refractivity contribution in [3.63, 3.8) is 0 Å². The van der Waals surface area contributed by atoms with Crippen LogP contribution in [-0.4, -0.2) is 17.5 Å². The average Bonchev–Trinajstić information content (AvgIpc) is 2.52.